The van der Waals surface area contributed by atoms with Crippen molar-refractivity contribution in [2.75, 3.05) is 19.6 Å². The molecule has 0 aromatic carbocycles. The van der Waals surface area contributed by atoms with E-state index in [1.54, 1.807) is 11.3 Å². The van der Waals surface area contributed by atoms with Crippen molar-refractivity contribution in [2.24, 2.45) is 0 Å². The Balaban J connectivity index is 2.48. The highest BCUT2D eigenvalue weighted by molar-refractivity contribution is 7.18. The van der Waals surface area contributed by atoms with E-state index >= 15 is 0 Å². The molecule has 0 amide bonds. The van der Waals surface area contributed by atoms with Gasteiger partial charge in [0.2, 0.25) is 0 Å². The maximum absolute atomic E-state index is 12.8. The van der Waals surface area contributed by atoms with Crippen LogP contribution in [0.1, 0.15) is 37.0 Å². The van der Waals surface area contributed by atoms with Gasteiger partial charge < -0.3 is 4.90 Å². The molecular formula is C16H25N3OS. The lowest BCUT2D eigenvalue weighted by molar-refractivity contribution is 0.287. The minimum atomic E-state index is 0.130. The Kier molecular flexibility index (Phi) is 5.17. The number of aryl methyl sites for hydroxylation is 3. The largest absolute Gasteiger partial charge is 0.302 e. The van der Waals surface area contributed by atoms with Crippen molar-refractivity contribution >= 4 is 21.6 Å². The zero-order valence-electron chi connectivity index (χ0n) is 13.7. The van der Waals surface area contributed by atoms with E-state index in [0.717, 1.165) is 54.2 Å². The minimum absolute atomic E-state index is 0.130. The molecule has 0 unspecified atom stereocenters. The molecule has 0 saturated carbocycles. The predicted octanol–water partition coefficient (Wildman–Crippen LogP) is 2.98. The second-order valence-corrected chi connectivity index (χ2v) is 6.53. The number of rotatable bonds is 6. The molecule has 0 spiro atoms. The molecule has 2 heterocycles. The first-order valence-corrected chi connectivity index (χ1v) is 8.56. The summed E-state index contributed by atoms with van der Waals surface area (Å²) in [5.74, 6) is 0.904. The molecule has 2 rings (SSSR count). The average molecular weight is 307 g/mol. The number of thiophene rings is 1. The smallest absolute Gasteiger partial charge is 0.262 e. The van der Waals surface area contributed by atoms with Crippen LogP contribution in [0.3, 0.4) is 0 Å². The first kappa shape index (κ1) is 16.2. The van der Waals surface area contributed by atoms with Gasteiger partial charge in [0, 0.05) is 24.4 Å². The van der Waals surface area contributed by atoms with Crippen molar-refractivity contribution in [3.8, 4) is 0 Å². The summed E-state index contributed by atoms with van der Waals surface area (Å²) in [6.45, 7) is 14.1. The topological polar surface area (TPSA) is 38.1 Å². The summed E-state index contributed by atoms with van der Waals surface area (Å²) in [6.07, 6.45) is 0.791. The summed E-state index contributed by atoms with van der Waals surface area (Å²) in [5, 5.41) is 0.814. The average Bonchev–Trinajstić information content (AvgIpc) is 2.76. The molecule has 0 aliphatic carbocycles. The van der Waals surface area contributed by atoms with Gasteiger partial charge in [-0.25, -0.2) is 4.98 Å². The van der Waals surface area contributed by atoms with E-state index in [-0.39, 0.29) is 5.56 Å². The van der Waals surface area contributed by atoms with Crippen molar-refractivity contribution < 1.29 is 0 Å². The predicted molar refractivity (Wildman–Crippen MR) is 90.5 cm³/mol. The van der Waals surface area contributed by atoms with Crippen LogP contribution in [0.15, 0.2) is 4.79 Å². The number of nitrogens with zero attached hydrogens (tertiary/aromatic N) is 3. The summed E-state index contributed by atoms with van der Waals surface area (Å²) < 4.78 is 1.87. The second-order valence-electron chi connectivity index (χ2n) is 5.33. The van der Waals surface area contributed by atoms with Gasteiger partial charge >= 0.3 is 0 Å². The molecule has 0 radical (unpaired) electrons. The van der Waals surface area contributed by atoms with Crippen LogP contribution in [0.2, 0.25) is 0 Å². The zero-order valence-corrected chi connectivity index (χ0v) is 14.5. The fourth-order valence-electron chi connectivity index (χ4n) is 2.65. The fourth-order valence-corrected chi connectivity index (χ4v) is 3.69. The lowest BCUT2D eigenvalue weighted by atomic mass is 10.2. The Morgan fingerprint density at radius 1 is 1.19 bits per heavy atom. The maximum Gasteiger partial charge on any atom is 0.262 e. The van der Waals surface area contributed by atoms with Crippen LogP contribution in [-0.4, -0.2) is 34.1 Å². The number of aromatic nitrogens is 2. The van der Waals surface area contributed by atoms with E-state index in [0.29, 0.717) is 0 Å². The normalized spacial score (nSPS) is 11.7. The highest BCUT2D eigenvalue weighted by atomic mass is 32.1. The van der Waals surface area contributed by atoms with Gasteiger partial charge in [-0.3, -0.25) is 9.36 Å². The quantitative estimate of drug-likeness (QED) is 0.823. The molecule has 0 atom stereocenters. The summed E-state index contributed by atoms with van der Waals surface area (Å²) in [5.41, 5.74) is 1.22. The molecule has 116 valence electrons. The molecule has 0 aliphatic rings. The molecule has 2 aromatic heterocycles. The van der Waals surface area contributed by atoms with E-state index in [4.69, 9.17) is 4.98 Å². The lowest BCUT2D eigenvalue weighted by Gasteiger charge is -2.19. The monoisotopic (exact) mass is 307 g/mol. The van der Waals surface area contributed by atoms with E-state index in [1.807, 2.05) is 11.5 Å². The highest BCUT2D eigenvalue weighted by Gasteiger charge is 2.15. The van der Waals surface area contributed by atoms with E-state index in [1.165, 1.54) is 4.88 Å². The highest BCUT2D eigenvalue weighted by Crippen LogP contribution is 2.26. The summed E-state index contributed by atoms with van der Waals surface area (Å²) in [4.78, 5) is 22.0. The summed E-state index contributed by atoms with van der Waals surface area (Å²) in [7, 11) is 0. The Labute approximate surface area is 130 Å². The fraction of sp³-hybridized carbons (Fsp3) is 0.625. The van der Waals surface area contributed by atoms with Gasteiger partial charge in [0.05, 0.1) is 5.39 Å². The van der Waals surface area contributed by atoms with Crippen molar-refractivity contribution in [3.63, 3.8) is 0 Å². The Hall–Kier alpha value is -1.20. The van der Waals surface area contributed by atoms with Gasteiger partial charge in [-0.2, -0.15) is 0 Å². The summed E-state index contributed by atoms with van der Waals surface area (Å²) in [6, 6.07) is 0. The van der Waals surface area contributed by atoms with E-state index < -0.39 is 0 Å². The first-order chi connectivity index (χ1) is 10.0. The van der Waals surface area contributed by atoms with Crippen LogP contribution in [0.4, 0.5) is 0 Å². The van der Waals surface area contributed by atoms with E-state index in [9.17, 15) is 4.79 Å². The van der Waals surface area contributed by atoms with Gasteiger partial charge in [-0.1, -0.05) is 20.8 Å². The van der Waals surface area contributed by atoms with Crippen molar-refractivity contribution in [3.05, 3.63) is 26.6 Å². The van der Waals surface area contributed by atoms with Crippen molar-refractivity contribution in [1.29, 1.82) is 0 Å². The van der Waals surface area contributed by atoms with Crippen molar-refractivity contribution in [1.82, 2.24) is 14.5 Å². The van der Waals surface area contributed by atoms with Gasteiger partial charge in [0.1, 0.15) is 10.7 Å². The molecule has 0 fully saturated rings. The molecule has 21 heavy (non-hydrogen) atoms. The molecule has 0 aliphatic heterocycles. The molecule has 0 bridgehead atoms. The minimum Gasteiger partial charge on any atom is -0.302 e. The molecule has 4 nitrogen and oxygen atoms in total. The molecule has 0 N–H and O–H groups in total. The number of likely N-dealkylation sites (N-methyl/N-ethyl adjacent to an activating group) is 1. The van der Waals surface area contributed by atoms with Crippen LogP contribution in [0.25, 0.3) is 10.2 Å². The zero-order chi connectivity index (χ0) is 15.6. The Bertz CT molecular complexity index is 683. The van der Waals surface area contributed by atoms with E-state index in [2.05, 4.69) is 32.6 Å². The Morgan fingerprint density at radius 2 is 1.86 bits per heavy atom. The third-order valence-corrected chi connectivity index (χ3v) is 5.32. The van der Waals surface area contributed by atoms with Gasteiger partial charge in [-0.05, 0) is 32.5 Å². The molecule has 2 aromatic rings. The van der Waals surface area contributed by atoms with Crippen LogP contribution in [0, 0.1) is 13.8 Å². The third kappa shape index (κ3) is 3.04. The third-order valence-electron chi connectivity index (χ3n) is 4.22. The van der Waals surface area contributed by atoms with Gasteiger partial charge in [0.15, 0.2) is 0 Å². The lowest BCUT2D eigenvalue weighted by Crippen LogP contribution is -2.33. The second kappa shape index (κ2) is 6.71. The standard InChI is InChI=1S/C16H25N3OS/c1-6-13-17-15-14(11(4)12(5)21-15)16(20)19(13)10-9-18(7-2)8-3/h6-10H2,1-5H3. The first-order valence-electron chi connectivity index (χ1n) is 7.75. The maximum atomic E-state index is 12.8. The van der Waals surface area contributed by atoms with Crippen LogP contribution in [0.5, 0.6) is 0 Å². The number of hydrogen-bond acceptors (Lipinski definition) is 4. The number of fused-ring (bicyclic) bond motifs is 1. The van der Waals surface area contributed by atoms with Crippen LogP contribution < -0.4 is 5.56 Å². The van der Waals surface area contributed by atoms with Gasteiger partial charge in [-0.15, -0.1) is 11.3 Å². The van der Waals surface area contributed by atoms with Crippen LogP contribution in [-0.2, 0) is 13.0 Å². The van der Waals surface area contributed by atoms with Crippen molar-refractivity contribution in [2.45, 2.75) is 47.6 Å². The molecule has 5 heteroatoms. The SMILES string of the molecule is CCc1nc2sc(C)c(C)c2c(=O)n1CCN(CC)CC. The van der Waals surface area contributed by atoms with Crippen LogP contribution >= 0.6 is 11.3 Å². The summed E-state index contributed by atoms with van der Waals surface area (Å²) >= 11 is 1.63. The van der Waals surface area contributed by atoms with Gasteiger partial charge in [0.25, 0.3) is 5.56 Å². The Morgan fingerprint density at radius 3 is 2.43 bits per heavy atom. The molecular weight excluding hydrogens is 282 g/mol. The molecule has 0 saturated heterocycles. The number of hydrogen-bond donors (Lipinski definition) is 0.